The molecule has 1 unspecified atom stereocenters. The van der Waals surface area contributed by atoms with Crippen LogP contribution in [-0.4, -0.2) is 56.1 Å². The molecule has 0 bridgehead atoms. The van der Waals surface area contributed by atoms with Crippen molar-refractivity contribution in [1.82, 2.24) is 14.8 Å². The summed E-state index contributed by atoms with van der Waals surface area (Å²) in [6.07, 6.45) is -0.406. The maximum absolute atomic E-state index is 13.4. The van der Waals surface area contributed by atoms with Crippen LogP contribution in [0.3, 0.4) is 0 Å². The molecule has 9 heteroatoms. The molecule has 1 aromatic carbocycles. The molecule has 3 heterocycles. The van der Waals surface area contributed by atoms with E-state index in [-0.39, 0.29) is 25.1 Å². The molecule has 29 heavy (non-hydrogen) atoms. The fourth-order valence-corrected chi connectivity index (χ4v) is 4.67. The summed E-state index contributed by atoms with van der Waals surface area (Å²) in [7, 11) is 0. The molecule has 2 N–H and O–H groups in total. The number of nitrogens with zero attached hydrogens (tertiary/aromatic N) is 3. The first-order valence-electron chi connectivity index (χ1n) is 9.19. The van der Waals surface area contributed by atoms with Crippen LogP contribution in [0.4, 0.5) is 4.79 Å². The Labute approximate surface area is 177 Å². The van der Waals surface area contributed by atoms with Gasteiger partial charge in [0.2, 0.25) is 0 Å². The van der Waals surface area contributed by atoms with E-state index in [4.69, 9.17) is 23.2 Å². The van der Waals surface area contributed by atoms with Gasteiger partial charge in [0.25, 0.3) is 5.91 Å². The van der Waals surface area contributed by atoms with Crippen LogP contribution in [0.15, 0.2) is 18.2 Å². The molecule has 4 rings (SSSR count). The number of pyridine rings is 1. The minimum atomic E-state index is -0.984. The van der Waals surface area contributed by atoms with Gasteiger partial charge in [0.1, 0.15) is 0 Å². The number of rotatable bonds is 3. The summed E-state index contributed by atoms with van der Waals surface area (Å²) in [6.45, 7) is 2.47. The molecule has 0 aliphatic carbocycles. The Bertz CT molecular complexity index is 1030. The molecule has 2 amide bonds. The van der Waals surface area contributed by atoms with Crippen molar-refractivity contribution >= 4 is 35.2 Å². The minimum absolute atomic E-state index is 0.209. The second-order valence-electron chi connectivity index (χ2n) is 7.26. The van der Waals surface area contributed by atoms with Gasteiger partial charge in [-0.15, -0.1) is 0 Å². The van der Waals surface area contributed by atoms with Gasteiger partial charge in [0, 0.05) is 45.5 Å². The number of aryl methyl sites for hydroxylation is 1. The Kier molecular flexibility index (Phi) is 5.14. The normalized spacial score (nSPS) is 18.5. The third-order valence-corrected chi connectivity index (χ3v) is 6.16. The standard InChI is InChI=1S/C20H19Cl2N3O4/c1-10-14(9-26)17(13-3-2-11(21)6-15(13)22)18-16(23-10)8-25(19(18)27)12-4-5-24(7-12)20(28)29/h2-3,6,12,26H,4-5,7-9H2,1H3,(H,28,29). The minimum Gasteiger partial charge on any atom is -0.465 e. The van der Waals surface area contributed by atoms with E-state index < -0.39 is 6.09 Å². The molecule has 1 atom stereocenters. The van der Waals surface area contributed by atoms with Crippen molar-refractivity contribution in [1.29, 1.82) is 0 Å². The number of aliphatic hydroxyl groups excluding tert-OH is 1. The Hall–Kier alpha value is -2.35. The number of carbonyl (C=O) groups excluding carboxylic acids is 1. The van der Waals surface area contributed by atoms with E-state index >= 15 is 0 Å². The van der Waals surface area contributed by atoms with Crippen LogP contribution < -0.4 is 0 Å². The highest BCUT2D eigenvalue weighted by atomic mass is 35.5. The first-order valence-corrected chi connectivity index (χ1v) is 9.94. The first kappa shape index (κ1) is 19.9. The maximum Gasteiger partial charge on any atom is 0.407 e. The largest absolute Gasteiger partial charge is 0.465 e. The van der Waals surface area contributed by atoms with Gasteiger partial charge in [0.15, 0.2) is 0 Å². The number of aliphatic hydroxyl groups is 1. The molecule has 2 aromatic rings. The SMILES string of the molecule is Cc1nc2c(c(-c3ccc(Cl)cc3Cl)c1CO)C(=O)N(C1CCN(C(=O)O)C1)C2. The summed E-state index contributed by atoms with van der Waals surface area (Å²) in [5.41, 5.74) is 3.37. The lowest BCUT2D eigenvalue weighted by Gasteiger charge is -2.23. The van der Waals surface area contributed by atoms with Crippen LogP contribution in [-0.2, 0) is 13.2 Å². The number of hydrogen-bond donors (Lipinski definition) is 2. The zero-order chi connectivity index (χ0) is 20.9. The molecule has 152 valence electrons. The van der Waals surface area contributed by atoms with Crippen LogP contribution in [0.1, 0.15) is 33.7 Å². The molecule has 1 aromatic heterocycles. The predicted octanol–water partition coefficient (Wildman–Crippen LogP) is 3.56. The van der Waals surface area contributed by atoms with E-state index in [1.54, 1.807) is 30.0 Å². The van der Waals surface area contributed by atoms with Gasteiger partial charge in [-0.1, -0.05) is 29.3 Å². The highest BCUT2D eigenvalue weighted by Crippen LogP contribution is 2.41. The summed E-state index contributed by atoms with van der Waals surface area (Å²) in [5, 5.41) is 20.1. The molecular weight excluding hydrogens is 417 g/mol. The number of benzene rings is 1. The third kappa shape index (κ3) is 3.33. The number of likely N-dealkylation sites (tertiary alicyclic amines) is 1. The summed E-state index contributed by atoms with van der Waals surface area (Å²) in [4.78, 5) is 32.2. The molecule has 0 radical (unpaired) electrons. The van der Waals surface area contributed by atoms with E-state index in [0.717, 1.165) is 0 Å². The molecule has 0 saturated carbocycles. The van der Waals surface area contributed by atoms with Crippen LogP contribution in [0.25, 0.3) is 11.1 Å². The van der Waals surface area contributed by atoms with Gasteiger partial charge in [-0.05, 0) is 25.5 Å². The number of carbonyl (C=O) groups is 2. The number of aromatic nitrogens is 1. The number of carboxylic acid groups (broad SMARTS) is 1. The molecule has 2 aliphatic rings. The van der Waals surface area contributed by atoms with Crippen molar-refractivity contribution in [2.75, 3.05) is 13.1 Å². The average Bonchev–Trinajstić information content (AvgIpc) is 3.26. The fraction of sp³-hybridized carbons (Fsp3) is 0.350. The lowest BCUT2D eigenvalue weighted by Crippen LogP contribution is -2.38. The van der Waals surface area contributed by atoms with Crippen molar-refractivity contribution in [3.05, 3.63) is 50.8 Å². The maximum atomic E-state index is 13.4. The van der Waals surface area contributed by atoms with E-state index in [9.17, 15) is 19.8 Å². The Balaban J connectivity index is 1.81. The zero-order valence-corrected chi connectivity index (χ0v) is 17.2. The van der Waals surface area contributed by atoms with Gasteiger partial charge in [-0.2, -0.15) is 0 Å². The number of fused-ring (bicyclic) bond motifs is 1. The molecule has 7 nitrogen and oxygen atoms in total. The van der Waals surface area contributed by atoms with Crippen molar-refractivity contribution in [2.24, 2.45) is 0 Å². The van der Waals surface area contributed by atoms with Gasteiger partial charge in [-0.3, -0.25) is 9.78 Å². The predicted molar refractivity (Wildman–Crippen MR) is 108 cm³/mol. The highest BCUT2D eigenvalue weighted by Gasteiger charge is 2.40. The number of amides is 2. The van der Waals surface area contributed by atoms with Gasteiger partial charge in [0.05, 0.1) is 30.5 Å². The summed E-state index contributed by atoms with van der Waals surface area (Å²) < 4.78 is 0. The van der Waals surface area contributed by atoms with Crippen LogP contribution in [0.5, 0.6) is 0 Å². The van der Waals surface area contributed by atoms with Gasteiger partial charge >= 0.3 is 6.09 Å². The second-order valence-corrected chi connectivity index (χ2v) is 8.10. The molecule has 2 aliphatic heterocycles. The summed E-state index contributed by atoms with van der Waals surface area (Å²) in [6, 6.07) is 4.81. The first-order chi connectivity index (χ1) is 13.8. The van der Waals surface area contributed by atoms with Crippen LogP contribution in [0.2, 0.25) is 10.0 Å². The van der Waals surface area contributed by atoms with E-state index in [2.05, 4.69) is 4.98 Å². The Morgan fingerprint density at radius 1 is 1.31 bits per heavy atom. The highest BCUT2D eigenvalue weighted by molar-refractivity contribution is 6.36. The van der Waals surface area contributed by atoms with Crippen LogP contribution in [0, 0.1) is 6.92 Å². The van der Waals surface area contributed by atoms with Gasteiger partial charge < -0.3 is 20.0 Å². The lowest BCUT2D eigenvalue weighted by atomic mass is 9.93. The van der Waals surface area contributed by atoms with Crippen molar-refractivity contribution < 1.29 is 19.8 Å². The fourth-order valence-electron chi connectivity index (χ4n) is 4.17. The topological polar surface area (TPSA) is 94.0 Å². The Morgan fingerprint density at radius 3 is 2.69 bits per heavy atom. The smallest absolute Gasteiger partial charge is 0.407 e. The summed E-state index contributed by atoms with van der Waals surface area (Å²) >= 11 is 12.5. The number of hydrogen-bond acceptors (Lipinski definition) is 4. The molecule has 0 spiro atoms. The third-order valence-electron chi connectivity index (χ3n) is 5.61. The average molecular weight is 436 g/mol. The van der Waals surface area contributed by atoms with Crippen molar-refractivity contribution in [2.45, 2.75) is 32.5 Å². The molecule has 1 saturated heterocycles. The van der Waals surface area contributed by atoms with Crippen LogP contribution >= 0.6 is 23.2 Å². The second kappa shape index (κ2) is 7.48. The monoisotopic (exact) mass is 435 g/mol. The Morgan fingerprint density at radius 2 is 2.07 bits per heavy atom. The van der Waals surface area contributed by atoms with Crippen molar-refractivity contribution in [3.8, 4) is 11.1 Å². The van der Waals surface area contributed by atoms with Gasteiger partial charge in [-0.25, -0.2) is 4.79 Å². The summed E-state index contributed by atoms with van der Waals surface area (Å²) in [5.74, 6) is -0.222. The quantitative estimate of drug-likeness (QED) is 0.768. The van der Waals surface area contributed by atoms with E-state index in [1.165, 1.54) is 4.90 Å². The zero-order valence-electron chi connectivity index (χ0n) is 15.7. The number of halogens is 2. The molecular formula is C20H19Cl2N3O4. The van der Waals surface area contributed by atoms with E-state index in [1.807, 2.05) is 0 Å². The molecule has 1 fully saturated rings. The van der Waals surface area contributed by atoms with Crippen molar-refractivity contribution in [3.63, 3.8) is 0 Å². The van der Waals surface area contributed by atoms with E-state index in [0.29, 0.717) is 63.2 Å². The lowest BCUT2D eigenvalue weighted by molar-refractivity contribution is 0.0704.